The Morgan fingerprint density at radius 3 is 2.31 bits per heavy atom. The molecule has 0 aliphatic heterocycles. The smallest absolute Gasteiger partial charge is 0.338 e. The first kappa shape index (κ1) is 18.4. The van der Waals surface area contributed by atoms with Crippen molar-refractivity contribution in [1.82, 2.24) is 0 Å². The number of hydrogen-bond acceptors (Lipinski definition) is 5. The van der Waals surface area contributed by atoms with Crippen molar-refractivity contribution >= 4 is 23.5 Å². The van der Waals surface area contributed by atoms with E-state index in [4.69, 9.17) is 4.74 Å². The third-order valence-electron chi connectivity index (χ3n) is 5.43. The van der Waals surface area contributed by atoms with Crippen LogP contribution in [0.15, 0.2) is 24.3 Å². The fraction of sp³-hybridized carbons (Fsp3) is 0.550. The van der Waals surface area contributed by atoms with Crippen molar-refractivity contribution in [2.24, 2.45) is 29.6 Å². The minimum absolute atomic E-state index is 0.0545. The number of rotatable bonds is 6. The number of ether oxygens (including phenoxy) is 1. The van der Waals surface area contributed by atoms with Crippen LogP contribution >= 0.6 is 0 Å². The lowest BCUT2D eigenvalue weighted by molar-refractivity contribution is -0.314. The van der Waals surface area contributed by atoms with Gasteiger partial charge < -0.3 is 20.0 Å². The highest BCUT2D eigenvalue weighted by atomic mass is 16.5. The summed E-state index contributed by atoms with van der Waals surface area (Å²) in [5.41, 5.74) is 0.950. The Morgan fingerprint density at radius 2 is 1.73 bits per heavy atom. The molecule has 2 aliphatic rings. The number of hydrogen-bond donors (Lipinski definition) is 1. The van der Waals surface area contributed by atoms with Crippen LogP contribution in [0.1, 0.15) is 43.5 Å². The molecule has 3 rings (SSSR count). The second-order valence-corrected chi connectivity index (χ2v) is 7.76. The average Bonchev–Trinajstić information content (AvgIpc) is 3.21. The van der Waals surface area contributed by atoms with Crippen LogP contribution in [0.5, 0.6) is 0 Å². The van der Waals surface area contributed by atoms with E-state index in [1.54, 1.807) is 24.3 Å². The third-order valence-corrected chi connectivity index (χ3v) is 5.43. The summed E-state index contributed by atoms with van der Waals surface area (Å²) in [6, 6.07) is 6.45. The number of fused-ring (bicyclic) bond motifs is 2. The van der Waals surface area contributed by atoms with Gasteiger partial charge in [0.15, 0.2) is 0 Å². The highest BCUT2D eigenvalue weighted by Crippen LogP contribution is 2.52. The molecule has 2 saturated carbocycles. The quantitative estimate of drug-likeness (QED) is 0.783. The summed E-state index contributed by atoms with van der Waals surface area (Å²) < 4.78 is 5.17. The number of carbonyl (C=O) groups excluding carboxylic acids is 3. The van der Waals surface area contributed by atoms with E-state index in [0.717, 1.165) is 19.3 Å². The third kappa shape index (κ3) is 3.74. The second kappa shape index (κ2) is 7.48. The number of benzene rings is 1. The van der Waals surface area contributed by atoms with E-state index in [9.17, 15) is 19.5 Å². The molecular formula is C20H24NO5-. The summed E-state index contributed by atoms with van der Waals surface area (Å²) in [7, 11) is 0. The maximum absolute atomic E-state index is 12.6. The van der Waals surface area contributed by atoms with Crippen LogP contribution in [0.4, 0.5) is 5.69 Å². The van der Waals surface area contributed by atoms with Crippen LogP contribution in [-0.4, -0.2) is 24.5 Å². The van der Waals surface area contributed by atoms with E-state index in [1.807, 2.05) is 13.8 Å². The minimum Gasteiger partial charge on any atom is -0.550 e. The van der Waals surface area contributed by atoms with E-state index in [-0.39, 0.29) is 23.7 Å². The molecular weight excluding hydrogens is 334 g/mol. The molecule has 0 spiro atoms. The van der Waals surface area contributed by atoms with Gasteiger partial charge in [-0.3, -0.25) is 4.79 Å². The Kier molecular flexibility index (Phi) is 5.30. The fourth-order valence-corrected chi connectivity index (χ4v) is 4.25. The van der Waals surface area contributed by atoms with Gasteiger partial charge in [0.25, 0.3) is 0 Å². The number of aliphatic carboxylic acids is 1. The molecule has 26 heavy (non-hydrogen) atoms. The number of amides is 1. The van der Waals surface area contributed by atoms with Crippen LogP contribution in [0.2, 0.25) is 0 Å². The van der Waals surface area contributed by atoms with Gasteiger partial charge in [-0.25, -0.2) is 4.79 Å². The van der Waals surface area contributed by atoms with Crippen molar-refractivity contribution < 1.29 is 24.2 Å². The van der Waals surface area contributed by atoms with Crippen molar-refractivity contribution in [2.45, 2.75) is 33.1 Å². The lowest BCUT2D eigenvalue weighted by atomic mass is 9.78. The maximum atomic E-state index is 12.6. The lowest BCUT2D eigenvalue weighted by Gasteiger charge is -2.30. The zero-order chi connectivity index (χ0) is 18.8. The number of esters is 1. The van der Waals surface area contributed by atoms with Gasteiger partial charge in [-0.15, -0.1) is 0 Å². The first-order valence-corrected chi connectivity index (χ1v) is 9.15. The first-order valence-electron chi connectivity index (χ1n) is 9.15. The van der Waals surface area contributed by atoms with E-state index in [1.165, 1.54) is 0 Å². The maximum Gasteiger partial charge on any atom is 0.338 e. The summed E-state index contributed by atoms with van der Waals surface area (Å²) in [4.78, 5) is 36.0. The number of nitrogens with one attached hydrogen (secondary N) is 1. The van der Waals surface area contributed by atoms with Crippen molar-refractivity contribution in [3.8, 4) is 0 Å². The predicted octanol–water partition coefficient (Wildman–Crippen LogP) is 1.85. The molecule has 4 atom stereocenters. The van der Waals surface area contributed by atoms with Gasteiger partial charge >= 0.3 is 5.97 Å². The topological polar surface area (TPSA) is 95.5 Å². The first-order chi connectivity index (χ1) is 12.4. The highest BCUT2D eigenvalue weighted by molar-refractivity contribution is 5.96. The van der Waals surface area contributed by atoms with Crippen molar-refractivity contribution in [3.63, 3.8) is 0 Å². The second-order valence-electron chi connectivity index (χ2n) is 7.76. The normalized spacial score (nSPS) is 26.7. The van der Waals surface area contributed by atoms with Gasteiger partial charge in [-0.2, -0.15) is 0 Å². The molecule has 0 unspecified atom stereocenters. The molecule has 2 aliphatic carbocycles. The molecule has 2 fully saturated rings. The van der Waals surface area contributed by atoms with Crippen molar-refractivity contribution in [3.05, 3.63) is 29.8 Å². The van der Waals surface area contributed by atoms with Gasteiger partial charge in [-0.1, -0.05) is 13.8 Å². The molecule has 1 N–H and O–H groups in total. The van der Waals surface area contributed by atoms with Gasteiger partial charge in [-0.05, 0) is 61.3 Å². The summed E-state index contributed by atoms with van der Waals surface area (Å²) in [6.07, 6.45) is 2.55. The van der Waals surface area contributed by atoms with Crippen LogP contribution in [0.25, 0.3) is 0 Å². The Morgan fingerprint density at radius 1 is 1.12 bits per heavy atom. The SMILES string of the molecule is CC(C)COC(=O)c1ccc(NC(=O)[C@@H]2[C@@H]3CC[C@@H](C3)[C@@H]2C(=O)[O-])cc1. The monoisotopic (exact) mass is 358 g/mol. The van der Waals surface area contributed by atoms with Crippen molar-refractivity contribution in [2.75, 3.05) is 11.9 Å². The molecule has 1 aromatic rings. The fourth-order valence-electron chi connectivity index (χ4n) is 4.25. The Hall–Kier alpha value is -2.37. The molecule has 0 aromatic heterocycles. The van der Waals surface area contributed by atoms with Crippen LogP contribution < -0.4 is 10.4 Å². The molecule has 0 radical (unpaired) electrons. The van der Waals surface area contributed by atoms with Crippen LogP contribution in [0, 0.1) is 29.6 Å². The van der Waals surface area contributed by atoms with E-state index < -0.39 is 23.8 Å². The zero-order valence-electron chi connectivity index (χ0n) is 15.1. The van der Waals surface area contributed by atoms with Crippen molar-refractivity contribution in [1.29, 1.82) is 0 Å². The molecule has 0 heterocycles. The van der Waals surface area contributed by atoms with Gasteiger partial charge in [0, 0.05) is 23.5 Å². The summed E-state index contributed by atoms with van der Waals surface area (Å²) in [5.74, 6) is -2.60. The van der Waals surface area contributed by atoms with Crippen LogP contribution in [0.3, 0.4) is 0 Å². The predicted molar refractivity (Wildman–Crippen MR) is 93.0 cm³/mol. The molecule has 1 aromatic carbocycles. The van der Waals surface area contributed by atoms with E-state index in [2.05, 4.69) is 5.32 Å². The number of carboxylic acid groups (broad SMARTS) is 1. The summed E-state index contributed by atoms with van der Waals surface area (Å²) in [5, 5.41) is 14.2. The van der Waals surface area contributed by atoms with E-state index in [0.29, 0.717) is 17.9 Å². The number of carbonyl (C=O) groups is 3. The average molecular weight is 358 g/mol. The highest BCUT2D eigenvalue weighted by Gasteiger charge is 2.51. The molecule has 6 heteroatoms. The van der Waals surface area contributed by atoms with E-state index >= 15 is 0 Å². The zero-order valence-corrected chi connectivity index (χ0v) is 15.1. The molecule has 1 amide bonds. The number of carboxylic acids is 1. The van der Waals surface area contributed by atoms with Gasteiger partial charge in [0.1, 0.15) is 0 Å². The standard InChI is InChI=1S/C20H25NO5/c1-11(2)10-26-20(25)12-5-7-15(8-6-12)21-18(22)16-13-3-4-14(9-13)17(16)19(23)24/h5-8,11,13-14,16-17H,3-4,9-10H2,1-2H3,(H,21,22)(H,23,24)/p-1/t13-,14+,16-,17+/m1/s1. The Labute approximate surface area is 152 Å². The minimum atomic E-state index is -1.12. The molecule has 6 nitrogen and oxygen atoms in total. The molecule has 2 bridgehead atoms. The van der Waals surface area contributed by atoms with Gasteiger partial charge in [0.05, 0.1) is 12.2 Å². The number of anilines is 1. The molecule has 0 saturated heterocycles. The lowest BCUT2D eigenvalue weighted by Crippen LogP contribution is -2.43. The summed E-state index contributed by atoms with van der Waals surface area (Å²) in [6.45, 7) is 4.27. The largest absolute Gasteiger partial charge is 0.550 e. The Bertz CT molecular complexity index is 697. The van der Waals surface area contributed by atoms with Crippen LogP contribution in [-0.2, 0) is 14.3 Å². The van der Waals surface area contributed by atoms with Gasteiger partial charge in [0.2, 0.25) is 5.91 Å². The Balaban J connectivity index is 1.63. The molecule has 140 valence electrons. The summed E-state index contributed by atoms with van der Waals surface area (Å²) >= 11 is 0.